The molecule has 2 heterocycles. The number of pyridine rings is 1. The predicted octanol–water partition coefficient (Wildman–Crippen LogP) is 3.00. The van der Waals surface area contributed by atoms with E-state index in [2.05, 4.69) is 4.98 Å². The zero-order chi connectivity index (χ0) is 22.7. The van der Waals surface area contributed by atoms with Gasteiger partial charge >= 0.3 is 0 Å². The van der Waals surface area contributed by atoms with Crippen molar-refractivity contribution in [3.63, 3.8) is 0 Å². The molecule has 4 rings (SSSR count). The highest BCUT2D eigenvalue weighted by Gasteiger charge is 2.36. The summed E-state index contributed by atoms with van der Waals surface area (Å²) in [7, 11) is 3.22. The molecule has 7 nitrogen and oxygen atoms in total. The Morgan fingerprint density at radius 3 is 2.41 bits per heavy atom. The molecule has 8 heteroatoms. The molecule has 1 aromatic heterocycles. The fourth-order valence-electron chi connectivity index (χ4n) is 4.05. The van der Waals surface area contributed by atoms with Crippen molar-refractivity contribution in [1.82, 2.24) is 9.88 Å². The highest BCUT2D eigenvalue weighted by Crippen LogP contribution is 2.35. The lowest BCUT2D eigenvalue weighted by Crippen LogP contribution is -2.60. The maximum absolute atomic E-state index is 13.3. The van der Waals surface area contributed by atoms with Crippen LogP contribution < -0.4 is 25.8 Å². The molecule has 0 radical (unpaired) electrons. The van der Waals surface area contributed by atoms with Gasteiger partial charge in [-0.2, -0.15) is 0 Å². The van der Waals surface area contributed by atoms with E-state index in [1.165, 1.54) is 12.1 Å². The molecule has 0 spiro atoms. The number of aromatic nitrogens is 1. The van der Waals surface area contributed by atoms with Crippen LogP contribution in [0.4, 0.5) is 10.2 Å². The summed E-state index contributed by atoms with van der Waals surface area (Å²) in [5, 5.41) is 0. The molecular formula is C24H28FN5O2. The Labute approximate surface area is 187 Å². The second kappa shape index (κ2) is 9.52. The summed E-state index contributed by atoms with van der Waals surface area (Å²) in [4.78, 5) is 8.63. The van der Waals surface area contributed by atoms with Gasteiger partial charge in [0, 0.05) is 24.8 Å². The van der Waals surface area contributed by atoms with Crippen LogP contribution in [0.3, 0.4) is 0 Å². The molecule has 2 unspecified atom stereocenters. The monoisotopic (exact) mass is 437 g/mol. The van der Waals surface area contributed by atoms with Crippen LogP contribution in [0.15, 0.2) is 60.8 Å². The first-order chi connectivity index (χ1) is 15.5. The number of anilines is 1. The van der Waals surface area contributed by atoms with Crippen LogP contribution in [-0.4, -0.2) is 36.9 Å². The van der Waals surface area contributed by atoms with Crippen molar-refractivity contribution in [2.24, 2.45) is 11.5 Å². The summed E-state index contributed by atoms with van der Waals surface area (Å²) < 4.78 is 24.0. The third kappa shape index (κ3) is 4.38. The molecular weight excluding hydrogens is 409 g/mol. The number of halogens is 1. The Hall–Kier alpha value is -3.20. The van der Waals surface area contributed by atoms with Crippen LogP contribution >= 0.6 is 0 Å². The molecule has 4 N–H and O–H groups in total. The van der Waals surface area contributed by atoms with E-state index in [-0.39, 0.29) is 5.82 Å². The number of benzene rings is 2. The Balaban J connectivity index is 1.60. The van der Waals surface area contributed by atoms with Crippen LogP contribution in [0.25, 0.3) is 0 Å². The second-order valence-corrected chi connectivity index (χ2v) is 7.71. The number of hydrogen-bond donors (Lipinski definition) is 2. The van der Waals surface area contributed by atoms with Crippen molar-refractivity contribution in [2.75, 3.05) is 25.7 Å². The van der Waals surface area contributed by atoms with Crippen molar-refractivity contribution in [3.8, 4) is 11.5 Å². The predicted molar refractivity (Wildman–Crippen MR) is 122 cm³/mol. The van der Waals surface area contributed by atoms with E-state index in [9.17, 15) is 4.39 Å². The highest BCUT2D eigenvalue weighted by molar-refractivity contribution is 5.51. The molecule has 1 aliphatic heterocycles. The third-order valence-corrected chi connectivity index (χ3v) is 5.79. The van der Waals surface area contributed by atoms with E-state index in [1.54, 1.807) is 32.5 Å². The topological polar surface area (TPSA) is 89.9 Å². The van der Waals surface area contributed by atoms with Gasteiger partial charge in [-0.05, 0) is 47.9 Å². The first-order valence-corrected chi connectivity index (χ1v) is 10.5. The smallest absolute Gasteiger partial charge is 0.161 e. The zero-order valence-corrected chi connectivity index (χ0v) is 18.2. The minimum Gasteiger partial charge on any atom is -0.493 e. The van der Waals surface area contributed by atoms with Gasteiger partial charge in [0.05, 0.1) is 20.4 Å². The molecule has 3 aromatic rings. The molecule has 0 saturated carbocycles. The molecule has 2 atom stereocenters. The van der Waals surface area contributed by atoms with E-state index in [0.29, 0.717) is 31.0 Å². The number of hydrogen-bond acceptors (Lipinski definition) is 7. The molecule has 1 aliphatic rings. The molecule has 0 aliphatic carbocycles. The summed E-state index contributed by atoms with van der Waals surface area (Å²) in [6, 6.07) is 16.1. The van der Waals surface area contributed by atoms with Gasteiger partial charge in [-0.3, -0.25) is 5.73 Å². The number of nitrogens with two attached hydrogens (primary N) is 2. The van der Waals surface area contributed by atoms with Crippen molar-refractivity contribution >= 4 is 5.82 Å². The van der Waals surface area contributed by atoms with E-state index in [1.807, 2.05) is 40.1 Å². The van der Waals surface area contributed by atoms with E-state index in [4.69, 9.17) is 20.9 Å². The summed E-state index contributed by atoms with van der Waals surface area (Å²) in [5.74, 6) is 1.85. The average Bonchev–Trinajstić information content (AvgIpc) is 2.82. The molecule has 0 amide bonds. The fraction of sp³-hybridized carbons (Fsp3) is 0.292. The normalized spacial score (nSPS) is 18.3. The van der Waals surface area contributed by atoms with Gasteiger partial charge in [-0.1, -0.05) is 24.3 Å². The first kappa shape index (κ1) is 22.0. The minimum atomic E-state index is -0.485. The van der Waals surface area contributed by atoms with E-state index >= 15 is 0 Å². The Bertz CT molecular complexity index is 1060. The van der Waals surface area contributed by atoms with Crippen molar-refractivity contribution in [1.29, 1.82) is 0 Å². The fourth-order valence-corrected chi connectivity index (χ4v) is 4.05. The van der Waals surface area contributed by atoms with Gasteiger partial charge in [-0.15, -0.1) is 0 Å². The maximum atomic E-state index is 13.3. The summed E-state index contributed by atoms with van der Waals surface area (Å²) in [6.45, 7) is 1.13. The van der Waals surface area contributed by atoms with Crippen molar-refractivity contribution in [3.05, 3.63) is 83.3 Å². The Morgan fingerprint density at radius 1 is 0.969 bits per heavy atom. The van der Waals surface area contributed by atoms with Crippen LogP contribution in [0.2, 0.25) is 0 Å². The molecule has 32 heavy (non-hydrogen) atoms. The van der Waals surface area contributed by atoms with Crippen molar-refractivity contribution < 1.29 is 13.9 Å². The van der Waals surface area contributed by atoms with Crippen LogP contribution in [0.1, 0.15) is 22.9 Å². The lowest BCUT2D eigenvalue weighted by molar-refractivity contribution is 0.112. The van der Waals surface area contributed by atoms with Gasteiger partial charge < -0.3 is 20.1 Å². The average molecular weight is 438 g/mol. The molecule has 0 saturated heterocycles. The standard InChI is InChI=1S/C24H28FN5O2/c1-31-20-10-7-17(14-21(20)32-2)15-30-22(26)19-4-3-12-28-23(19)29(24(30)27)13-11-16-5-8-18(25)9-6-16/h3-10,12,14,22,24H,11,13,15,26-27H2,1-2H3. The Morgan fingerprint density at radius 2 is 1.69 bits per heavy atom. The number of rotatable bonds is 7. The summed E-state index contributed by atoms with van der Waals surface area (Å²) >= 11 is 0. The van der Waals surface area contributed by atoms with Crippen LogP contribution in [0, 0.1) is 5.82 Å². The van der Waals surface area contributed by atoms with Crippen LogP contribution in [-0.2, 0) is 13.0 Å². The van der Waals surface area contributed by atoms with Crippen molar-refractivity contribution in [2.45, 2.75) is 25.4 Å². The number of ether oxygens (including phenoxy) is 2. The van der Waals surface area contributed by atoms with Gasteiger partial charge in [-0.25, -0.2) is 14.3 Å². The lowest BCUT2D eigenvalue weighted by Gasteiger charge is -2.46. The van der Waals surface area contributed by atoms with Gasteiger partial charge in [0.25, 0.3) is 0 Å². The summed E-state index contributed by atoms with van der Waals surface area (Å²) in [6.07, 6.45) is 1.54. The van der Waals surface area contributed by atoms with Gasteiger partial charge in [0.1, 0.15) is 17.9 Å². The summed E-state index contributed by atoms with van der Waals surface area (Å²) in [5.41, 5.74) is 16.3. The van der Waals surface area contributed by atoms with E-state index in [0.717, 1.165) is 22.5 Å². The molecule has 0 fully saturated rings. The maximum Gasteiger partial charge on any atom is 0.161 e. The first-order valence-electron chi connectivity index (χ1n) is 10.5. The largest absolute Gasteiger partial charge is 0.493 e. The third-order valence-electron chi connectivity index (χ3n) is 5.79. The number of methoxy groups -OCH3 is 2. The molecule has 0 bridgehead atoms. The zero-order valence-electron chi connectivity index (χ0n) is 18.2. The second-order valence-electron chi connectivity index (χ2n) is 7.71. The minimum absolute atomic E-state index is 0.248. The van der Waals surface area contributed by atoms with Gasteiger partial charge in [0.15, 0.2) is 11.5 Å². The number of nitrogens with zero attached hydrogens (tertiary/aromatic N) is 3. The SMILES string of the molecule is COc1ccc(CN2C(N)c3cccnc3N(CCc3ccc(F)cc3)C2N)cc1OC. The molecule has 2 aromatic carbocycles. The van der Waals surface area contributed by atoms with Crippen LogP contribution in [0.5, 0.6) is 11.5 Å². The lowest BCUT2D eigenvalue weighted by atomic mass is 10.1. The number of fused-ring (bicyclic) bond motifs is 1. The molecule has 168 valence electrons. The van der Waals surface area contributed by atoms with E-state index < -0.39 is 12.5 Å². The quantitative estimate of drug-likeness (QED) is 0.587. The van der Waals surface area contributed by atoms with Gasteiger partial charge in [0.2, 0.25) is 0 Å². The Kier molecular flexibility index (Phi) is 6.55. The highest BCUT2D eigenvalue weighted by atomic mass is 19.1.